The highest BCUT2D eigenvalue weighted by Gasteiger charge is 2.34. The second-order valence-electron chi connectivity index (χ2n) is 8.93. The van der Waals surface area contributed by atoms with Gasteiger partial charge in [0.25, 0.3) is 0 Å². The number of rotatable bonds is 10. The average Bonchev–Trinajstić information content (AvgIpc) is 3.49. The van der Waals surface area contributed by atoms with Gasteiger partial charge in [-0.2, -0.15) is 0 Å². The Morgan fingerprint density at radius 1 is 1.21 bits per heavy atom. The molecule has 1 unspecified atom stereocenters. The fraction of sp³-hybridized carbons (Fsp3) is 0.357. The zero-order valence-corrected chi connectivity index (χ0v) is 19.5. The van der Waals surface area contributed by atoms with Gasteiger partial charge in [-0.15, -0.1) is 0 Å². The quantitative estimate of drug-likeness (QED) is 0.524. The Morgan fingerprint density at radius 2 is 2.03 bits per heavy atom. The summed E-state index contributed by atoms with van der Waals surface area (Å²) in [6.07, 6.45) is 9.22. The number of halogens is 1. The van der Waals surface area contributed by atoms with Gasteiger partial charge in [-0.05, 0) is 67.8 Å². The average molecular weight is 463 g/mol. The molecule has 6 heteroatoms. The highest BCUT2D eigenvalue weighted by molar-refractivity contribution is 5.97. The summed E-state index contributed by atoms with van der Waals surface area (Å²) in [6.45, 7) is 4.31. The van der Waals surface area contributed by atoms with Crippen molar-refractivity contribution in [3.05, 3.63) is 72.1 Å². The normalized spacial score (nSPS) is 17.6. The molecule has 1 atom stereocenters. The van der Waals surface area contributed by atoms with E-state index in [-0.39, 0.29) is 29.0 Å². The van der Waals surface area contributed by atoms with E-state index in [9.17, 15) is 19.1 Å². The maximum absolute atomic E-state index is 14.4. The number of ketones is 1. The fourth-order valence-corrected chi connectivity index (χ4v) is 4.83. The van der Waals surface area contributed by atoms with Gasteiger partial charge in [0.15, 0.2) is 5.78 Å². The number of carbonyl (C=O) groups excluding carboxylic acids is 2. The smallest absolute Gasteiger partial charge is 0.228 e. The van der Waals surface area contributed by atoms with Crippen LogP contribution in [-0.2, 0) is 9.59 Å². The standard InChI is InChI=1S/C28H31FN2O3/c1-2-15-30(16-7-14-25(32)20-8-3-4-9-20)23-18-27(34)31(19-23)22-11-5-10-21(17-22)28-24(29)12-6-13-26(28)33/h3-6,8,10-13,17,23,33H,2,7,9,14-16,18-19H2,1H3. The summed E-state index contributed by atoms with van der Waals surface area (Å²) < 4.78 is 14.4. The molecule has 2 aromatic rings. The largest absolute Gasteiger partial charge is 0.507 e. The van der Waals surface area contributed by atoms with E-state index in [1.54, 1.807) is 23.1 Å². The third-order valence-corrected chi connectivity index (χ3v) is 6.55. The number of hydrogen-bond donors (Lipinski definition) is 1. The lowest BCUT2D eigenvalue weighted by Crippen LogP contribution is -2.39. The van der Waals surface area contributed by atoms with Crippen molar-refractivity contribution in [2.45, 2.75) is 45.1 Å². The second-order valence-corrected chi connectivity index (χ2v) is 8.93. The van der Waals surface area contributed by atoms with E-state index in [1.165, 1.54) is 18.2 Å². The van der Waals surface area contributed by atoms with Gasteiger partial charge in [-0.25, -0.2) is 4.39 Å². The number of hydrogen-bond acceptors (Lipinski definition) is 4. The molecule has 1 N–H and O–H groups in total. The van der Waals surface area contributed by atoms with Crippen LogP contribution in [0.15, 0.2) is 66.3 Å². The minimum Gasteiger partial charge on any atom is -0.507 e. The third kappa shape index (κ3) is 5.28. The Balaban J connectivity index is 1.43. The first-order valence-corrected chi connectivity index (χ1v) is 12.0. The second kappa shape index (κ2) is 10.8. The van der Waals surface area contributed by atoms with E-state index >= 15 is 0 Å². The van der Waals surface area contributed by atoms with Crippen molar-refractivity contribution in [3.8, 4) is 16.9 Å². The van der Waals surface area contributed by atoms with Crippen LogP contribution in [0.1, 0.15) is 39.0 Å². The van der Waals surface area contributed by atoms with E-state index in [4.69, 9.17) is 0 Å². The predicted molar refractivity (Wildman–Crippen MR) is 132 cm³/mol. The molecule has 1 amide bonds. The van der Waals surface area contributed by atoms with Crippen LogP contribution in [-0.4, -0.2) is 47.4 Å². The molecule has 1 aliphatic heterocycles. The summed E-state index contributed by atoms with van der Waals surface area (Å²) in [5.74, 6) is -0.399. The van der Waals surface area contributed by atoms with Crippen LogP contribution in [0.3, 0.4) is 0 Å². The summed E-state index contributed by atoms with van der Waals surface area (Å²) in [7, 11) is 0. The van der Waals surface area contributed by atoms with Crippen molar-refractivity contribution in [2.75, 3.05) is 24.5 Å². The van der Waals surface area contributed by atoms with E-state index < -0.39 is 5.82 Å². The number of carbonyl (C=O) groups is 2. The number of anilines is 1. The highest BCUT2D eigenvalue weighted by atomic mass is 19.1. The Morgan fingerprint density at radius 3 is 2.76 bits per heavy atom. The number of phenolic OH excluding ortho intramolecular Hbond substituents is 1. The van der Waals surface area contributed by atoms with Crippen molar-refractivity contribution >= 4 is 17.4 Å². The van der Waals surface area contributed by atoms with Crippen molar-refractivity contribution < 1.29 is 19.1 Å². The van der Waals surface area contributed by atoms with Crippen LogP contribution >= 0.6 is 0 Å². The van der Waals surface area contributed by atoms with Gasteiger partial charge in [-0.1, -0.05) is 43.4 Å². The summed E-state index contributed by atoms with van der Waals surface area (Å²) in [6, 6.07) is 11.4. The molecule has 1 aliphatic carbocycles. The lowest BCUT2D eigenvalue weighted by Gasteiger charge is -2.28. The fourth-order valence-electron chi connectivity index (χ4n) is 4.83. The van der Waals surface area contributed by atoms with E-state index in [1.807, 2.05) is 24.3 Å². The Hall–Kier alpha value is -3.25. The van der Waals surface area contributed by atoms with E-state index in [2.05, 4.69) is 11.8 Å². The van der Waals surface area contributed by atoms with Crippen molar-refractivity contribution in [1.82, 2.24) is 4.90 Å². The SMILES string of the molecule is CCCN(CCCC(=O)C1=CC=CC1)C1CC(=O)N(c2cccc(-c3c(O)cccc3F)c2)C1. The number of nitrogens with zero attached hydrogens (tertiary/aromatic N) is 2. The molecule has 5 nitrogen and oxygen atoms in total. The van der Waals surface area contributed by atoms with Crippen LogP contribution in [0.25, 0.3) is 11.1 Å². The molecule has 2 aliphatic rings. The lowest BCUT2D eigenvalue weighted by molar-refractivity contribution is -0.118. The predicted octanol–water partition coefficient (Wildman–Crippen LogP) is 5.25. The van der Waals surface area contributed by atoms with Gasteiger partial charge in [0.2, 0.25) is 5.91 Å². The maximum atomic E-state index is 14.4. The Kier molecular flexibility index (Phi) is 7.58. The molecule has 1 heterocycles. The summed E-state index contributed by atoms with van der Waals surface area (Å²) in [5, 5.41) is 10.2. The van der Waals surface area contributed by atoms with Crippen LogP contribution in [0, 0.1) is 5.82 Å². The minimum atomic E-state index is -0.504. The number of benzene rings is 2. The molecule has 178 valence electrons. The molecular formula is C28H31FN2O3. The molecule has 2 aromatic carbocycles. The first-order valence-electron chi connectivity index (χ1n) is 12.0. The van der Waals surface area contributed by atoms with Gasteiger partial charge >= 0.3 is 0 Å². The Bertz CT molecular complexity index is 1100. The van der Waals surface area contributed by atoms with Gasteiger partial charge in [0, 0.05) is 31.1 Å². The maximum Gasteiger partial charge on any atom is 0.228 e. The molecule has 0 radical (unpaired) electrons. The monoisotopic (exact) mass is 462 g/mol. The van der Waals surface area contributed by atoms with Crippen LogP contribution in [0.4, 0.5) is 10.1 Å². The minimum absolute atomic E-state index is 0.0271. The molecule has 0 spiro atoms. The zero-order chi connectivity index (χ0) is 24.1. The topological polar surface area (TPSA) is 60.9 Å². The number of amides is 1. The van der Waals surface area contributed by atoms with Crippen LogP contribution in [0.5, 0.6) is 5.75 Å². The van der Waals surface area contributed by atoms with Gasteiger partial charge in [-0.3, -0.25) is 14.5 Å². The number of aromatic hydroxyl groups is 1. The summed E-state index contributed by atoms with van der Waals surface area (Å²) in [4.78, 5) is 29.4. The molecule has 0 bridgehead atoms. The van der Waals surface area contributed by atoms with Crippen LogP contribution in [0.2, 0.25) is 0 Å². The molecule has 0 saturated carbocycles. The van der Waals surface area contributed by atoms with Crippen molar-refractivity contribution in [1.29, 1.82) is 0 Å². The first-order chi connectivity index (χ1) is 16.5. The Labute approximate surface area is 200 Å². The van der Waals surface area contributed by atoms with Gasteiger partial charge < -0.3 is 10.0 Å². The van der Waals surface area contributed by atoms with Gasteiger partial charge in [0.05, 0.1) is 5.56 Å². The summed E-state index contributed by atoms with van der Waals surface area (Å²) >= 11 is 0. The number of phenols is 1. The molecule has 1 saturated heterocycles. The first kappa shape index (κ1) is 23.9. The summed E-state index contributed by atoms with van der Waals surface area (Å²) in [5.41, 5.74) is 2.24. The molecule has 0 aromatic heterocycles. The van der Waals surface area contributed by atoms with Crippen LogP contribution < -0.4 is 4.90 Å². The third-order valence-electron chi connectivity index (χ3n) is 6.55. The highest BCUT2D eigenvalue weighted by Crippen LogP contribution is 2.35. The van der Waals surface area contributed by atoms with E-state index in [0.717, 1.165) is 37.9 Å². The number of Topliss-reactive ketones (excluding diaryl/α,β-unsaturated/α-hetero) is 1. The molecule has 34 heavy (non-hydrogen) atoms. The molecule has 1 fully saturated rings. The number of allylic oxidation sites excluding steroid dienone is 4. The van der Waals surface area contributed by atoms with Gasteiger partial charge in [0.1, 0.15) is 11.6 Å². The molecule has 4 rings (SSSR count). The van der Waals surface area contributed by atoms with E-state index in [0.29, 0.717) is 30.6 Å². The van der Waals surface area contributed by atoms with Crippen molar-refractivity contribution in [3.63, 3.8) is 0 Å². The lowest BCUT2D eigenvalue weighted by atomic mass is 10.0. The zero-order valence-electron chi connectivity index (χ0n) is 19.5. The molecular weight excluding hydrogens is 431 g/mol. The van der Waals surface area contributed by atoms with Crippen molar-refractivity contribution in [2.24, 2.45) is 0 Å².